The summed E-state index contributed by atoms with van der Waals surface area (Å²) >= 11 is 0. The van der Waals surface area contributed by atoms with Crippen LogP contribution in [-0.4, -0.2) is 128 Å². The molecule has 2 unspecified atom stereocenters. The van der Waals surface area contributed by atoms with Gasteiger partial charge >= 0.3 is 0 Å². The van der Waals surface area contributed by atoms with E-state index in [1.807, 2.05) is 0 Å². The van der Waals surface area contributed by atoms with Crippen LogP contribution in [0, 0.1) is 0 Å². The van der Waals surface area contributed by atoms with Crippen LogP contribution >= 0.6 is 0 Å². The van der Waals surface area contributed by atoms with Gasteiger partial charge in [-0.3, -0.25) is 19.2 Å². The van der Waals surface area contributed by atoms with E-state index in [4.69, 9.17) is 18.9 Å². The zero-order valence-electron chi connectivity index (χ0n) is 40.6. The van der Waals surface area contributed by atoms with E-state index >= 15 is 0 Å². The monoisotopic (exact) mass is 942 g/mol. The van der Waals surface area contributed by atoms with Crippen molar-refractivity contribution < 1.29 is 68.8 Å². The van der Waals surface area contributed by atoms with Gasteiger partial charge in [0, 0.05) is 35.5 Å². The molecule has 0 aliphatic carbocycles. The van der Waals surface area contributed by atoms with Crippen molar-refractivity contribution in [1.29, 1.82) is 0 Å². The lowest BCUT2D eigenvalue weighted by Crippen LogP contribution is -2.31. The van der Waals surface area contributed by atoms with Gasteiger partial charge in [-0.2, -0.15) is 0 Å². The quantitative estimate of drug-likeness (QED) is 0.0245. The summed E-state index contributed by atoms with van der Waals surface area (Å²) in [4.78, 5) is 50.5. The zero-order valence-corrected chi connectivity index (χ0v) is 40.6. The molecule has 0 bridgehead atoms. The van der Waals surface area contributed by atoms with Crippen LogP contribution in [0.3, 0.4) is 0 Å². The number of carbonyl (C=O) groups excluding carboxylic acids is 4. The Morgan fingerprint density at radius 2 is 0.603 bits per heavy atom. The van der Waals surface area contributed by atoms with Crippen LogP contribution in [0.2, 0.25) is 0 Å². The number of Topliss-reactive ketones (excluding diaryl/α,β-unsaturated/α-hetero) is 4. The molecule has 14 nitrogen and oxygen atoms in total. The second-order valence-corrected chi connectivity index (χ2v) is 19.3. The second kappa shape index (κ2) is 24.6. The van der Waals surface area contributed by atoms with Crippen molar-refractivity contribution in [2.75, 3.05) is 39.6 Å². The van der Waals surface area contributed by atoms with E-state index in [0.717, 1.165) is 25.7 Å². The largest absolute Gasteiger partial charge is 0.388 e. The summed E-state index contributed by atoms with van der Waals surface area (Å²) in [5.41, 5.74) is -2.15. The smallest absolute Gasteiger partial charge is 0.193 e. The lowest BCUT2D eigenvalue weighted by molar-refractivity contribution is -0.0372. The Morgan fingerprint density at radius 1 is 0.382 bits per heavy atom. The molecule has 0 spiro atoms. The molecule has 0 aliphatic heterocycles. The molecule has 0 fully saturated rings. The minimum absolute atomic E-state index is 0.0365. The Bertz CT molecular complexity index is 1920. The van der Waals surface area contributed by atoms with Gasteiger partial charge in [0.25, 0.3) is 0 Å². The maximum absolute atomic E-state index is 12.6. The molecule has 4 rings (SSSR count). The average Bonchev–Trinajstić information content (AvgIpc) is 3.28. The summed E-state index contributed by atoms with van der Waals surface area (Å²) in [5.74, 6) is -1.73. The van der Waals surface area contributed by atoms with Crippen LogP contribution in [0.15, 0.2) is 97.1 Å². The van der Waals surface area contributed by atoms with Crippen LogP contribution in [0.4, 0.5) is 0 Å². The Morgan fingerprint density at radius 3 is 0.809 bits per heavy atom. The standard InChI is InChI=1S/C54H70O14/c1-51(2,61)47(57)39-21-13-35(14-22-39)45(36-15-23-40(24-16-36)48(58)52(3,4)62)67-33-43(55)31-65-29-11-9-10-12-30-66-32-44(56)34-68-46(37-17-25-41(26-18-37)49(59)53(5,6)63)38-19-27-42(28-20-38)50(60)54(7,8)64/h13-28,43-46,55-56,61-64H,9-12,29-34H2,1-8H3. The molecule has 4 aromatic carbocycles. The second-order valence-electron chi connectivity index (χ2n) is 19.3. The fourth-order valence-electron chi connectivity index (χ4n) is 7.13. The fraction of sp³-hybridized carbons (Fsp3) is 0.481. The van der Waals surface area contributed by atoms with Gasteiger partial charge in [-0.05, 0) is 90.5 Å². The number of unbranched alkanes of at least 4 members (excludes halogenated alkanes) is 3. The van der Waals surface area contributed by atoms with Gasteiger partial charge in [0.15, 0.2) is 23.1 Å². The maximum atomic E-state index is 12.6. The van der Waals surface area contributed by atoms with Crippen molar-refractivity contribution in [3.63, 3.8) is 0 Å². The van der Waals surface area contributed by atoms with E-state index in [-0.39, 0.29) is 26.4 Å². The Hall–Kier alpha value is -4.84. The number of ketones is 4. The summed E-state index contributed by atoms with van der Waals surface area (Å²) in [6.07, 6.45) is -0.0550. The predicted octanol–water partition coefficient (Wildman–Crippen LogP) is 6.73. The number of rotatable bonds is 29. The molecule has 2 atom stereocenters. The molecular formula is C54H70O14. The first-order valence-corrected chi connectivity index (χ1v) is 23.0. The molecule has 68 heavy (non-hydrogen) atoms. The number of ether oxygens (including phenoxy) is 4. The normalized spacial score (nSPS) is 13.5. The third-order valence-corrected chi connectivity index (χ3v) is 11.0. The van der Waals surface area contributed by atoms with Gasteiger partial charge in [-0.15, -0.1) is 0 Å². The number of hydrogen-bond donors (Lipinski definition) is 6. The molecule has 6 N–H and O–H groups in total. The highest BCUT2D eigenvalue weighted by molar-refractivity contribution is 6.03. The van der Waals surface area contributed by atoms with Crippen LogP contribution in [0.5, 0.6) is 0 Å². The highest BCUT2D eigenvalue weighted by atomic mass is 16.5. The van der Waals surface area contributed by atoms with Crippen molar-refractivity contribution in [3.05, 3.63) is 142 Å². The molecule has 4 aromatic rings. The third-order valence-electron chi connectivity index (χ3n) is 11.0. The lowest BCUT2D eigenvalue weighted by Gasteiger charge is -2.22. The van der Waals surface area contributed by atoms with E-state index in [2.05, 4.69) is 0 Å². The molecule has 370 valence electrons. The van der Waals surface area contributed by atoms with Crippen LogP contribution in [0.1, 0.15) is 157 Å². The first-order chi connectivity index (χ1) is 31.8. The van der Waals surface area contributed by atoms with Gasteiger partial charge in [-0.25, -0.2) is 0 Å². The average molecular weight is 943 g/mol. The topological polar surface area (TPSA) is 227 Å². The van der Waals surface area contributed by atoms with Crippen LogP contribution in [0.25, 0.3) is 0 Å². The van der Waals surface area contributed by atoms with E-state index in [1.54, 1.807) is 97.1 Å². The maximum Gasteiger partial charge on any atom is 0.193 e. The number of hydrogen-bond acceptors (Lipinski definition) is 14. The fourth-order valence-corrected chi connectivity index (χ4v) is 7.13. The third kappa shape index (κ3) is 17.0. The van der Waals surface area contributed by atoms with Crippen molar-refractivity contribution >= 4 is 23.1 Å². The van der Waals surface area contributed by atoms with E-state index < -0.39 is 70.0 Å². The van der Waals surface area contributed by atoms with Crippen molar-refractivity contribution in [3.8, 4) is 0 Å². The molecule has 0 aromatic heterocycles. The zero-order chi connectivity index (χ0) is 50.5. The van der Waals surface area contributed by atoms with Gasteiger partial charge in [0.2, 0.25) is 0 Å². The van der Waals surface area contributed by atoms with Crippen LogP contribution in [-0.2, 0) is 18.9 Å². The van der Waals surface area contributed by atoms with E-state index in [9.17, 15) is 49.8 Å². The molecule has 14 heteroatoms. The molecule has 0 radical (unpaired) electrons. The Labute approximate surface area is 399 Å². The minimum Gasteiger partial charge on any atom is -0.388 e. The van der Waals surface area contributed by atoms with Crippen LogP contribution < -0.4 is 0 Å². The summed E-state index contributed by atoms with van der Waals surface area (Å²) in [6.45, 7) is 12.1. The first-order valence-electron chi connectivity index (χ1n) is 23.0. The molecule has 0 heterocycles. The van der Waals surface area contributed by atoms with Gasteiger partial charge in [0.1, 0.15) is 46.8 Å². The number of aliphatic hydroxyl groups is 6. The molecule has 0 amide bonds. The summed E-state index contributed by atoms with van der Waals surface area (Å²) in [7, 11) is 0. The highest BCUT2D eigenvalue weighted by Crippen LogP contribution is 2.30. The van der Waals surface area contributed by atoms with E-state index in [0.29, 0.717) is 57.7 Å². The minimum atomic E-state index is -1.54. The first kappa shape index (κ1) is 55.8. The molecular weight excluding hydrogens is 873 g/mol. The van der Waals surface area contributed by atoms with Gasteiger partial charge < -0.3 is 49.6 Å². The molecule has 0 saturated carbocycles. The number of benzene rings is 4. The van der Waals surface area contributed by atoms with Crippen molar-refractivity contribution in [1.82, 2.24) is 0 Å². The van der Waals surface area contributed by atoms with Crippen molar-refractivity contribution in [2.45, 2.75) is 128 Å². The summed E-state index contributed by atoms with van der Waals surface area (Å²) in [5, 5.41) is 62.3. The van der Waals surface area contributed by atoms with Gasteiger partial charge in [-0.1, -0.05) is 110 Å². The molecule has 0 saturated heterocycles. The lowest BCUT2D eigenvalue weighted by atomic mass is 9.92. The Kier molecular flexibility index (Phi) is 20.2. The summed E-state index contributed by atoms with van der Waals surface area (Å²) < 4.78 is 23.9. The van der Waals surface area contributed by atoms with Crippen molar-refractivity contribution in [2.24, 2.45) is 0 Å². The Balaban J connectivity index is 1.20. The SMILES string of the molecule is CC(C)(O)C(=O)c1ccc(C(OCC(O)COCCCCCCOCC(O)COC(c2ccc(C(=O)C(C)(C)O)cc2)c2ccc(C(=O)C(C)(C)O)cc2)c2ccc(C(=O)C(C)(C)O)cc2)cc1. The van der Waals surface area contributed by atoms with E-state index in [1.165, 1.54) is 55.4 Å². The summed E-state index contributed by atoms with van der Waals surface area (Å²) in [6, 6.07) is 26.5. The highest BCUT2D eigenvalue weighted by Gasteiger charge is 2.29. The number of aliphatic hydroxyl groups excluding tert-OH is 2. The van der Waals surface area contributed by atoms with Gasteiger partial charge in [0.05, 0.1) is 26.4 Å². The molecule has 0 aliphatic rings. The number of carbonyl (C=O) groups is 4. The predicted molar refractivity (Wildman–Crippen MR) is 256 cm³/mol.